The lowest BCUT2D eigenvalue weighted by molar-refractivity contribution is -0.139. The molecule has 40 heavy (non-hydrogen) atoms. The van der Waals surface area contributed by atoms with E-state index < -0.39 is 47.6 Å². The quantitative estimate of drug-likeness (QED) is 0.328. The number of alkyl carbamates (subject to hydrolysis) is 1. The highest BCUT2D eigenvalue weighted by Crippen LogP contribution is 2.31. The summed E-state index contributed by atoms with van der Waals surface area (Å²) < 4.78 is 5.11. The van der Waals surface area contributed by atoms with Crippen molar-refractivity contribution >= 4 is 23.8 Å². The zero-order chi connectivity index (χ0) is 30.1. The lowest BCUT2D eigenvalue weighted by Gasteiger charge is -2.31. The zero-order valence-electron chi connectivity index (χ0n) is 25.6. The molecule has 2 saturated carbocycles. The van der Waals surface area contributed by atoms with E-state index in [1.807, 2.05) is 0 Å². The second-order valence-electron chi connectivity index (χ2n) is 12.3. The molecule has 3 atom stereocenters. The van der Waals surface area contributed by atoms with Gasteiger partial charge in [0.25, 0.3) is 0 Å². The van der Waals surface area contributed by atoms with E-state index >= 15 is 0 Å². The van der Waals surface area contributed by atoms with E-state index in [2.05, 4.69) is 24.5 Å². The normalized spacial score (nSPS) is 20.4. The van der Waals surface area contributed by atoms with Gasteiger partial charge in [0.1, 0.15) is 18.2 Å². The summed E-state index contributed by atoms with van der Waals surface area (Å²) in [6.07, 6.45) is 13.8. The smallest absolute Gasteiger partial charge is 0.408 e. The van der Waals surface area contributed by atoms with Crippen LogP contribution in [0.15, 0.2) is 0 Å². The standard InChI is InChI=1S/C21H36N4O6.C6H12.C3H8/c1-21(2,3)31-20(30)23-12-16(26)25-11-5-8-15(25)19(29)24-14(17(27)18(22)28)10-9-13-6-4-7-13;1-2-4-6-5-3-1;1-3-2/h13-15,17,27H,4-12H2,1-3H3,(H2,22,28)(H,23,30)(H,24,29);1-6H2;3H2,1-2H3. The SMILES string of the molecule is C1CCCCC1.CC(C)(C)OC(=O)NCC(=O)N1CCCC1C(=O)NC(CCC1CCC1)C(O)C(N)=O.CCC. The molecular weight excluding hydrogens is 512 g/mol. The summed E-state index contributed by atoms with van der Waals surface area (Å²) in [5.74, 6) is -1.17. The predicted octanol–water partition coefficient (Wildman–Crippen LogP) is 4.17. The van der Waals surface area contributed by atoms with Crippen molar-refractivity contribution in [2.75, 3.05) is 13.1 Å². The maximum atomic E-state index is 12.9. The van der Waals surface area contributed by atoms with Gasteiger partial charge < -0.3 is 31.1 Å². The van der Waals surface area contributed by atoms with Gasteiger partial charge in [-0.3, -0.25) is 14.4 Å². The lowest BCUT2D eigenvalue weighted by Crippen LogP contribution is -2.55. The molecule has 3 fully saturated rings. The number of hydrogen-bond donors (Lipinski definition) is 4. The van der Waals surface area contributed by atoms with Crippen LogP contribution >= 0.6 is 0 Å². The second kappa shape index (κ2) is 18.9. The molecule has 1 saturated heterocycles. The van der Waals surface area contributed by atoms with Crippen molar-refractivity contribution in [2.24, 2.45) is 11.7 Å². The first-order valence-corrected chi connectivity index (χ1v) is 15.4. The Kier molecular flexibility index (Phi) is 16.8. The van der Waals surface area contributed by atoms with Crippen molar-refractivity contribution in [1.82, 2.24) is 15.5 Å². The first kappa shape index (κ1) is 35.7. The third-order valence-electron chi connectivity index (χ3n) is 7.27. The fourth-order valence-electron chi connectivity index (χ4n) is 4.94. The largest absolute Gasteiger partial charge is 0.444 e. The minimum absolute atomic E-state index is 0.284. The number of carbonyl (C=O) groups excluding carboxylic acids is 4. The Morgan fingerprint density at radius 3 is 1.95 bits per heavy atom. The summed E-state index contributed by atoms with van der Waals surface area (Å²) in [7, 11) is 0. The molecule has 1 aliphatic heterocycles. The van der Waals surface area contributed by atoms with Crippen LogP contribution in [-0.4, -0.2) is 70.7 Å². The summed E-state index contributed by atoms with van der Waals surface area (Å²) in [6.45, 7) is 9.51. The van der Waals surface area contributed by atoms with E-state index in [0.717, 1.165) is 19.3 Å². The van der Waals surface area contributed by atoms with Crippen molar-refractivity contribution in [3.63, 3.8) is 0 Å². The van der Waals surface area contributed by atoms with E-state index in [1.54, 1.807) is 20.8 Å². The fourth-order valence-corrected chi connectivity index (χ4v) is 4.94. The van der Waals surface area contributed by atoms with Crippen LogP contribution in [0.5, 0.6) is 0 Å². The van der Waals surface area contributed by atoms with E-state index in [0.29, 0.717) is 31.7 Å². The van der Waals surface area contributed by atoms with Crippen LogP contribution in [0.2, 0.25) is 0 Å². The molecule has 4 amide bonds. The molecule has 232 valence electrons. The molecule has 2 aliphatic carbocycles. The average molecular weight is 569 g/mol. The van der Waals surface area contributed by atoms with Gasteiger partial charge in [0.15, 0.2) is 6.10 Å². The molecule has 3 rings (SSSR count). The number of rotatable bonds is 9. The molecule has 0 aromatic carbocycles. The van der Waals surface area contributed by atoms with Crippen molar-refractivity contribution in [3.05, 3.63) is 0 Å². The lowest BCUT2D eigenvalue weighted by atomic mass is 9.81. The third-order valence-corrected chi connectivity index (χ3v) is 7.27. The molecule has 3 unspecified atom stereocenters. The van der Waals surface area contributed by atoms with Crippen LogP contribution in [0.4, 0.5) is 4.79 Å². The summed E-state index contributed by atoms with van der Waals surface area (Å²) in [6, 6.07) is -1.51. The van der Waals surface area contributed by atoms with Crippen LogP contribution in [-0.2, 0) is 19.1 Å². The Morgan fingerprint density at radius 1 is 0.950 bits per heavy atom. The summed E-state index contributed by atoms with van der Waals surface area (Å²) >= 11 is 0. The van der Waals surface area contributed by atoms with Gasteiger partial charge in [-0.05, 0) is 52.4 Å². The molecule has 0 bridgehead atoms. The highest BCUT2D eigenvalue weighted by Gasteiger charge is 2.37. The van der Waals surface area contributed by atoms with Crippen molar-refractivity contribution in [1.29, 1.82) is 0 Å². The van der Waals surface area contributed by atoms with Gasteiger partial charge >= 0.3 is 6.09 Å². The van der Waals surface area contributed by atoms with Gasteiger partial charge in [0.2, 0.25) is 17.7 Å². The molecule has 5 N–H and O–H groups in total. The van der Waals surface area contributed by atoms with Crippen molar-refractivity contribution in [2.45, 2.75) is 148 Å². The van der Waals surface area contributed by atoms with E-state index in [4.69, 9.17) is 10.5 Å². The topological polar surface area (TPSA) is 151 Å². The number of carbonyl (C=O) groups is 4. The molecule has 0 aromatic heterocycles. The van der Waals surface area contributed by atoms with Gasteiger partial charge in [-0.2, -0.15) is 0 Å². The Hall–Kier alpha value is -2.36. The minimum atomic E-state index is -1.48. The molecule has 0 aromatic rings. The number of aliphatic hydroxyl groups excluding tert-OH is 1. The summed E-state index contributed by atoms with van der Waals surface area (Å²) in [5.41, 5.74) is 4.57. The first-order valence-electron chi connectivity index (χ1n) is 15.4. The van der Waals surface area contributed by atoms with Crippen LogP contribution in [0.1, 0.15) is 125 Å². The molecule has 10 nitrogen and oxygen atoms in total. The maximum absolute atomic E-state index is 12.9. The van der Waals surface area contributed by atoms with Crippen LogP contribution in [0.3, 0.4) is 0 Å². The Balaban J connectivity index is 0.000000757. The van der Waals surface area contributed by atoms with Crippen LogP contribution in [0.25, 0.3) is 0 Å². The monoisotopic (exact) mass is 568 g/mol. The van der Waals surface area contributed by atoms with Crippen LogP contribution < -0.4 is 16.4 Å². The zero-order valence-corrected chi connectivity index (χ0v) is 25.6. The summed E-state index contributed by atoms with van der Waals surface area (Å²) in [5, 5.41) is 15.3. The average Bonchev–Trinajstić information content (AvgIpc) is 3.36. The number of amides is 4. The van der Waals surface area contributed by atoms with E-state index in [9.17, 15) is 24.3 Å². The van der Waals surface area contributed by atoms with E-state index in [1.165, 1.54) is 56.3 Å². The van der Waals surface area contributed by atoms with Gasteiger partial charge in [0, 0.05) is 6.54 Å². The van der Waals surface area contributed by atoms with Crippen molar-refractivity contribution < 1.29 is 29.0 Å². The number of ether oxygens (including phenoxy) is 1. The molecule has 0 radical (unpaired) electrons. The number of aliphatic hydroxyl groups is 1. The molecular formula is C30H56N4O6. The molecule has 3 aliphatic rings. The third kappa shape index (κ3) is 14.3. The number of hydrogen-bond acceptors (Lipinski definition) is 6. The van der Waals surface area contributed by atoms with Gasteiger partial charge in [0.05, 0.1) is 6.04 Å². The number of primary amides is 1. The van der Waals surface area contributed by atoms with Crippen LogP contribution in [0, 0.1) is 5.92 Å². The predicted molar refractivity (Wildman–Crippen MR) is 156 cm³/mol. The minimum Gasteiger partial charge on any atom is -0.444 e. The molecule has 0 spiro atoms. The number of nitrogens with zero attached hydrogens (tertiary/aromatic N) is 1. The molecule has 10 heteroatoms. The van der Waals surface area contributed by atoms with Crippen molar-refractivity contribution in [3.8, 4) is 0 Å². The summed E-state index contributed by atoms with van der Waals surface area (Å²) in [4.78, 5) is 50.1. The Bertz CT molecular complexity index is 765. The number of likely N-dealkylation sites (tertiary alicyclic amines) is 1. The Labute approximate surface area is 241 Å². The Morgan fingerprint density at radius 2 is 1.50 bits per heavy atom. The number of nitrogens with one attached hydrogen (secondary N) is 2. The first-order chi connectivity index (χ1) is 18.9. The van der Waals surface area contributed by atoms with Gasteiger partial charge in [-0.25, -0.2) is 4.79 Å². The highest BCUT2D eigenvalue weighted by molar-refractivity contribution is 5.90. The maximum Gasteiger partial charge on any atom is 0.408 e. The highest BCUT2D eigenvalue weighted by atomic mass is 16.6. The van der Waals surface area contributed by atoms with Gasteiger partial charge in [-0.1, -0.05) is 78.1 Å². The fraction of sp³-hybridized carbons (Fsp3) is 0.867. The number of nitrogens with two attached hydrogens (primary N) is 1. The molecule has 1 heterocycles. The van der Waals surface area contributed by atoms with Gasteiger partial charge in [-0.15, -0.1) is 0 Å². The second-order valence-corrected chi connectivity index (χ2v) is 12.3. The van der Waals surface area contributed by atoms with E-state index in [-0.39, 0.29) is 6.54 Å².